The van der Waals surface area contributed by atoms with Gasteiger partial charge < -0.3 is 0 Å². The van der Waals surface area contributed by atoms with Crippen molar-refractivity contribution in [2.75, 3.05) is 32.3 Å². The van der Waals surface area contributed by atoms with E-state index < -0.39 is 0 Å². The first-order valence-corrected chi connectivity index (χ1v) is 7.45. The van der Waals surface area contributed by atoms with Gasteiger partial charge >= 0.3 is 0 Å². The van der Waals surface area contributed by atoms with Crippen LogP contribution >= 0.6 is 8.22 Å². The van der Waals surface area contributed by atoms with Crippen molar-refractivity contribution >= 4 is 8.22 Å². The second kappa shape index (κ2) is 8.64. The lowest BCUT2D eigenvalue weighted by molar-refractivity contribution is 0.422. The predicted octanol–water partition coefficient (Wildman–Crippen LogP) is 3.39. The summed E-state index contributed by atoms with van der Waals surface area (Å²) in [6, 6.07) is 0. The summed E-state index contributed by atoms with van der Waals surface area (Å²) in [5, 5.41) is 0. The van der Waals surface area contributed by atoms with Gasteiger partial charge in [-0.1, -0.05) is 34.6 Å². The Labute approximate surface area is 91.5 Å². The molecule has 0 amide bonds. The maximum Gasteiger partial charge on any atom is 0.0394 e. The Morgan fingerprint density at radius 2 is 1.07 bits per heavy atom. The molecule has 0 radical (unpaired) electrons. The highest BCUT2D eigenvalue weighted by Gasteiger charge is 2.19. The lowest BCUT2D eigenvalue weighted by atomic mass is 10.6. The molecular formula is C11H27N2P. The molecule has 0 aromatic rings. The highest BCUT2D eigenvalue weighted by Crippen LogP contribution is 2.43. The monoisotopic (exact) mass is 218 g/mol. The first-order chi connectivity index (χ1) is 6.74. The maximum absolute atomic E-state index is 2.63. The van der Waals surface area contributed by atoms with E-state index in [0.717, 1.165) is 0 Å². The van der Waals surface area contributed by atoms with Crippen molar-refractivity contribution in [2.24, 2.45) is 0 Å². The molecule has 86 valence electrons. The number of hydrogen-bond donors (Lipinski definition) is 0. The Balaban J connectivity index is 4.36. The zero-order chi connectivity index (χ0) is 11.0. The van der Waals surface area contributed by atoms with Crippen LogP contribution in [0.25, 0.3) is 0 Å². The van der Waals surface area contributed by atoms with Crippen molar-refractivity contribution in [3.63, 3.8) is 0 Å². The number of rotatable bonds is 8. The van der Waals surface area contributed by atoms with E-state index in [9.17, 15) is 0 Å². The molecule has 0 spiro atoms. The van der Waals surface area contributed by atoms with Gasteiger partial charge in [-0.05, 0) is 12.6 Å². The molecule has 0 bridgehead atoms. The van der Waals surface area contributed by atoms with Crippen molar-refractivity contribution in [1.29, 1.82) is 0 Å². The Hall–Kier alpha value is 0.350. The van der Waals surface area contributed by atoms with Crippen LogP contribution < -0.4 is 0 Å². The molecule has 0 aliphatic rings. The van der Waals surface area contributed by atoms with E-state index in [-0.39, 0.29) is 8.22 Å². The lowest BCUT2D eigenvalue weighted by Gasteiger charge is -2.37. The quantitative estimate of drug-likeness (QED) is 0.576. The van der Waals surface area contributed by atoms with E-state index >= 15 is 0 Å². The normalized spacial score (nSPS) is 12.0. The third kappa shape index (κ3) is 4.25. The molecule has 0 rings (SSSR count). The summed E-state index contributed by atoms with van der Waals surface area (Å²) in [5.41, 5.74) is 0. The molecule has 0 saturated heterocycles. The minimum atomic E-state index is -0.0213. The predicted molar refractivity (Wildman–Crippen MR) is 67.9 cm³/mol. The third-order valence-electron chi connectivity index (χ3n) is 2.54. The average Bonchev–Trinajstić information content (AvgIpc) is 2.21. The van der Waals surface area contributed by atoms with Crippen LogP contribution in [-0.2, 0) is 0 Å². The van der Waals surface area contributed by atoms with Crippen molar-refractivity contribution in [3.8, 4) is 0 Å². The summed E-state index contributed by atoms with van der Waals surface area (Å²) in [6.07, 6.45) is 2.66. The Kier molecular flexibility index (Phi) is 8.86. The third-order valence-corrected chi connectivity index (χ3v) is 5.82. The van der Waals surface area contributed by atoms with Crippen LogP contribution in [0.2, 0.25) is 0 Å². The highest BCUT2D eigenvalue weighted by atomic mass is 31.1. The molecular weight excluding hydrogens is 191 g/mol. The summed E-state index contributed by atoms with van der Waals surface area (Å²) < 4.78 is 5.26. The van der Waals surface area contributed by atoms with E-state index in [0.29, 0.717) is 0 Å². The molecule has 0 heterocycles. The van der Waals surface area contributed by atoms with Crippen LogP contribution in [0.3, 0.4) is 0 Å². The molecule has 0 saturated carbocycles. The Morgan fingerprint density at radius 3 is 1.29 bits per heavy atom. The molecule has 0 N–H and O–H groups in total. The van der Waals surface area contributed by atoms with Crippen LogP contribution in [0.1, 0.15) is 41.0 Å². The van der Waals surface area contributed by atoms with Gasteiger partial charge in [0, 0.05) is 34.4 Å². The van der Waals surface area contributed by atoms with Crippen molar-refractivity contribution < 1.29 is 0 Å². The van der Waals surface area contributed by atoms with Crippen LogP contribution in [0.5, 0.6) is 0 Å². The lowest BCUT2D eigenvalue weighted by Crippen LogP contribution is -2.30. The molecule has 0 fully saturated rings. The largest absolute Gasteiger partial charge is 0.270 e. The molecule has 0 aromatic heterocycles. The summed E-state index contributed by atoms with van der Waals surface area (Å²) in [7, 11) is -0.0213. The summed E-state index contributed by atoms with van der Waals surface area (Å²) in [6.45, 7) is 16.2. The van der Waals surface area contributed by atoms with Gasteiger partial charge in [0.05, 0.1) is 0 Å². The maximum atomic E-state index is 2.63. The second-order valence-corrected chi connectivity index (χ2v) is 5.70. The summed E-state index contributed by atoms with van der Waals surface area (Å²) in [5.74, 6) is 0. The van der Waals surface area contributed by atoms with Gasteiger partial charge in [0.2, 0.25) is 0 Å². The van der Waals surface area contributed by atoms with Crippen molar-refractivity contribution in [3.05, 3.63) is 0 Å². The van der Waals surface area contributed by atoms with Crippen LogP contribution in [0.15, 0.2) is 0 Å². The minimum absolute atomic E-state index is 0.0213. The molecule has 0 atom stereocenters. The second-order valence-electron chi connectivity index (χ2n) is 3.37. The minimum Gasteiger partial charge on any atom is -0.270 e. The average molecular weight is 218 g/mol. The van der Waals surface area contributed by atoms with E-state index in [4.69, 9.17) is 0 Å². The van der Waals surface area contributed by atoms with Crippen molar-refractivity contribution in [2.45, 2.75) is 41.0 Å². The van der Waals surface area contributed by atoms with Gasteiger partial charge in [-0.15, -0.1) is 0 Å². The molecule has 0 aliphatic carbocycles. The van der Waals surface area contributed by atoms with Crippen LogP contribution in [-0.4, -0.2) is 41.7 Å². The fourth-order valence-electron chi connectivity index (χ4n) is 1.76. The zero-order valence-corrected chi connectivity index (χ0v) is 11.5. The Bertz CT molecular complexity index is 110. The van der Waals surface area contributed by atoms with Crippen LogP contribution in [0, 0.1) is 0 Å². The number of hydrogen-bond acceptors (Lipinski definition) is 2. The van der Waals surface area contributed by atoms with Crippen molar-refractivity contribution in [1.82, 2.24) is 9.34 Å². The van der Waals surface area contributed by atoms with E-state index in [2.05, 4.69) is 44.0 Å². The molecule has 0 unspecified atom stereocenters. The molecule has 0 aromatic carbocycles. The molecule has 3 heteroatoms. The summed E-state index contributed by atoms with van der Waals surface area (Å²) >= 11 is 0. The van der Waals surface area contributed by atoms with Gasteiger partial charge in [0.25, 0.3) is 0 Å². The smallest absolute Gasteiger partial charge is 0.0394 e. The first-order valence-electron chi connectivity index (χ1n) is 6.02. The van der Waals surface area contributed by atoms with Gasteiger partial charge in [-0.3, -0.25) is 9.34 Å². The van der Waals surface area contributed by atoms with Crippen LogP contribution in [0.4, 0.5) is 0 Å². The standard InChI is InChI=1S/C11H27N2P/c1-6-11-14(12(7-2)8-3)13(9-4)10-5/h6-11H2,1-5H3. The molecule has 2 nitrogen and oxygen atoms in total. The first kappa shape index (κ1) is 14.3. The fraction of sp³-hybridized carbons (Fsp3) is 1.00. The van der Waals surface area contributed by atoms with Gasteiger partial charge in [0.1, 0.15) is 0 Å². The molecule has 14 heavy (non-hydrogen) atoms. The Morgan fingerprint density at radius 1 is 0.714 bits per heavy atom. The number of nitrogens with zero attached hydrogens (tertiary/aromatic N) is 2. The van der Waals surface area contributed by atoms with Gasteiger partial charge in [-0.2, -0.15) is 0 Å². The van der Waals surface area contributed by atoms with E-state index in [1.54, 1.807) is 0 Å². The zero-order valence-electron chi connectivity index (χ0n) is 10.6. The van der Waals surface area contributed by atoms with E-state index in [1.807, 2.05) is 0 Å². The highest BCUT2D eigenvalue weighted by molar-refractivity contribution is 7.52. The summed E-state index contributed by atoms with van der Waals surface area (Å²) in [4.78, 5) is 0. The fourth-order valence-corrected chi connectivity index (χ4v) is 4.39. The molecule has 0 aliphatic heterocycles. The van der Waals surface area contributed by atoms with Gasteiger partial charge in [0.15, 0.2) is 0 Å². The SMILES string of the molecule is CCCP(N(CC)CC)N(CC)CC. The van der Waals surface area contributed by atoms with E-state index in [1.165, 1.54) is 38.8 Å². The topological polar surface area (TPSA) is 6.48 Å². The van der Waals surface area contributed by atoms with Gasteiger partial charge in [-0.25, -0.2) is 0 Å².